The second-order valence-corrected chi connectivity index (χ2v) is 8.67. The standard InChI is InChI=1S/C18H16F3N3O4S.C2HF3O2/c1-9-23-17(18(19,20)21)14(29-9)8-26-11-4-12(5-11)27-16-3-2-10(7-22-16)13-6-15(25)24-28-13;3-2(4,5)1(6)7/h2-3,6-7,11-12H,4-5,8H2,1H3,(H,24,25);(H,6,7)/t11-,12+;. The van der Waals surface area contributed by atoms with Gasteiger partial charge in [-0.25, -0.2) is 14.8 Å². The molecule has 3 aromatic rings. The maximum atomic E-state index is 13.0. The van der Waals surface area contributed by atoms with Crippen LogP contribution < -0.4 is 4.74 Å². The minimum atomic E-state index is -5.08. The first kappa shape index (κ1) is 27.2. The molecule has 0 bridgehead atoms. The lowest BCUT2D eigenvalue weighted by Gasteiger charge is -2.34. The Bertz CT molecular complexity index is 1170. The molecule has 4 rings (SSSR count). The number of hydrogen-bond donors (Lipinski definition) is 2. The molecule has 3 heterocycles. The SMILES string of the molecule is Cc1nc(C(F)(F)F)c(CO[C@H]2C[C@@H](Oc3ccc(-c4cc(O)no4)cn3)C2)s1.O=C(O)C(F)(F)F. The first-order chi connectivity index (χ1) is 16.7. The largest absolute Gasteiger partial charge is 0.491 e. The van der Waals surface area contributed by atoms with Gasteiger partial charge in [-0.1, -0.05) is 0 Å². The van der Waals surface area contributed by atoms with E-state index in [4.69, 9.17) is 23.9 Å². The molecule has 0 saturated heterocycles. The van der Waals surface area contributed by atoms with Crippen LogP contribution in [-0.4, -0.2) is 49.7 Å². The molecule has 0 spiro atoms. The van der Waals surface area contributed by atoms with Gasteiger partial charge < -0.3 is 24.2 Å². The van der Waals surface area contributed by atoms with Gasteiger partial charge in [-0.3, -0.25) is 0 Å². The lowest BCUT2D eigenvalue weighted by molar-refractivity contribution is -0.192. The monoisotopic (exact) mass is 541 g/mol. The van der Waals surface area contributed by atoms with E-state index in [1.807, 2.05) is 0 Å². The van der Waals surface area contributed by atoms with Crippen molar-refractivity contribution in [3.05, 3.63) is 40.0 Å². The fourth-order valence-electron chi connectivity index (χ4n) is 2.90. The predicted octanol–water partition coefficient (Wildman–Crippen LogP) is 4.99. The third kappa shape index (κ3) is 7.30. The summed E-state index contributed by atoms with van der Waals surface area (Å²) < 4.78 is 86.9. The molecule has 16 heteroatoms. The fourth-order valence-corrected chi connectivity index (χ4v) is 3.78. The van der Waals surface area contributed by atoms with Crippen LogP contribution in [0.2, 0.25) is 0 Å². The molecule has 1 aliphatic rings. The Morgan fingerprint density at radius 1 is 1.19 bits per heavy atom. The third-order valence-corrected chi connectivity index (χ3v) is 5.57. The van der Waals surface area contributed by atoms with Crippen LogP contribution in [0.5, 0.6) is 11.8 Å². The number of nitrogens with zero attached hydrogens (tertiary/aromatic N) is 3. The number of alkyl halides is 6. The molecule has 3 aromatic heterocycles. The van der Waals surface area contributed by atoms with E-state index in [2.05, 4.69) is 15.1 Å². The molecule has 0 aliphatic heterocycles. The highest BCUT2D eigenvalue weighted by atomic mass is 32.1. The van der Waals surface area contributed by atoms with Crippen LogP contribution in [0, 0.1) is 6.92 Å². The zero-order valence-electron chi connectivity index (χ0n) is 18.1. The van der Waals surface area contributed by atoms with Gasteiger partial charge in [-0.05, 0) is 18.1 Å². The lowest BCUT2D eigenvalue weighted by Crippen LogP contribution is -2.39. The summed E-state index contributed by atoms with van der Waals surface area (Å²) in [6, 6.07) is 4.76. The molecule has 0 unspecified atom stereocenters. The van der Waals surface area contributed by atoms with Gasteiger partial charge in [0.1, 0.15) is 6.10 Å². The highest BCUT2D eigenvalue weighted by molar-refractivity contribution is 7.11. The minimum absolute atomic E-state index is 0.0927. The van der Waals surface area contributed by atoms with Crippen molar-refractivity contribution in [2.75, 3.05) is 0 Å². The predicted molar refractivity (Wildman–Crippen MR) is 109 cm³/mol. The lowest BCUT2D eigenvalue weighted by atomic mass is 9.92. The van der Waals surface area contributed by atoms with Crippen molar-refractivity contribution in [1.82, 2.24) is 15.1 Å². The summed E-state index contributed by atoms with van der Waals surface area (Å²) in [5.41, 5.74) is -0.225. The summed E-state index contributed by atoms with van der Waals surface area (Å²) in [4.78, 5) is 16.7. The van der Waals surface area contributed by atoms with E-state index < -0.39 is 24.0 Å². The van der Waals surface area contributed by atoms with Crippen molar-refractivity contribution < 1.29 is 55.3 Å². The number of ether oxygens (including phenoxy) is 2. The molecule has 36 heavy (non-hydrogen) atoms. The fraction of sp³-hybridized carbons (Fsp3) is 0.400. The molecule has 1 saturated carbocycles. The van der Waals surface area contributed by atoms with Crippen LogP contribution in [0.15, 0.2) is 28.9 Å². The molecular weight excluding hydrogens is 524 g/mol. The van der Waals surface area contributed by atoms with E-state index in [1.54, 1.807) is 19.1 Å². The topological polar surface area (TPSA) is 128 Å². The zero-order valence-corrected chi connectivity index (χ0v) is 18.9. The van der Waals surface area contributed by atoms with E-state index >= 15 is 0 Å². The number of carbonyl (C=O) groups is 1. The van der Waals surface area contributed by atoms with Gasteiger partial charge in [0.25, 0.3) is 5.88 Å². The highest BCUT2D eigenvalue weighted by Gasteiger charge is 2.39. The molecule has 0 radical (unpaired) electrons. The quantitative estimate of drug-likeness (QED) is 0.415. The first-order valence-electron chi connectivity index (χ1n) is 9.96. The maximum absolute atomic E-state index is 13.0. The minimum Gasteiger partial charge on any atom is -0.491 e. The number of carboxylic acids is 1. The van der Waals surface area contributed by atoms with Crippen molar-refractivity contribution in [2.45, 2.75) is 50.9 Å². The Morgan fingerprint density at radius 3 is 2.36 bits per heavy atom. The van der Waals surface area contributed by atoms with E-state index in [-0.39, 0.29) is 29.6 Å². The van der Waals surface area contributed by atoms with E-state index in [0.717, 1.165) is 11.3 Å². The normalized spacial score (nSPS) is 17.6. The molecule has 0 atom stereocenters. The number of thiazole rings is 1. The van der Waals surface area contributed by atoms with Crippen molar-refractivity contribution in [1.29, 1.82) is 0 Å². The van der Waals surface area contributed by atoms with Crippen LogP contribution >= 0.6 is 11.3 Å². The molecular formula is C20H17F6N3O6S. The van der Waals surface area contributed by atoms with Gasteiger partial charge >= 0.3 is 18.3 Å². The smallest absolute Gasteiger partial charge is 0.490 e. The number of aromatic nitrogens is 3. The van der Waals surface area contributed by atoms with Crippen LogP contribution in [0.1, 0.15) is 28.4 Å². The summed E-state index contributed by atoms with van der Waals surface area (Å²) in [7, 11) is 0. The van der Waals surface area contributed by atoms with Gasteiger partial charge in [-0.2, -0.15) is 26.3 Å². The maximum Gasteiger partial charge on any atom is 0.490 e. The number of hydrogen-bond acceptors (Lipinski definition) is 9. The van der Waals surface area contributed by atoms with Gasteiger partial charge in [0, 0.05) is 36.7 Å². The summed E-state index contributed by atoms with van der Waals surface area (Å²) in [5, 5.41) is 20.1. The zero-order chi connectivity index (χ0) is 26.7. The van der Waals surface area contributed by atoms with Gasteiger partial charge in [-0.15, -0.1) is 11.3 Å². The Kier molecular flexibility index (Phi) is 8.08. The van der Waals surface area contributed by atoms with E-state index in [0.29, 0.717) is 35.1 Å². The van der Waals surface area contributed by atoms with Crippen molar-refractivity contribution >= 4 is 17.3 Å². The number of aliphatic carboxylic acids is 1. The molecule has 0 amide bonds. The van der Waals surface area contributed by atoms with Gasteiger partial charge in [0.05, 0.1) is 22.6 Å². The van der Waals surface area contributed by atoms with E-state index in [1.165, 1.54) is 12.3 Å². The van der Waals surface area contributed by atoms with Crippen molar-refractivity contribution in [3.63, 3.8) is 0 Å². The molecule has 1 fully saturated rings. The highest BCUT2D eigenvalue weighted by Crippen LogP contribution is 2.36. The second-order valence-electron chi connectivity index (χ2n) is 7.38. The van der Waals surface area contributed by atoms with E-state index in [9.17, 15) is 31.4 Å². The van der Waals surface area contributed by atoms with Crippen LogP contribution in [0.3, 0.4) is 0 Å². The molecule has 1 aliphatic carbocycles. The van der Waals surface area contributed by atoms with Crippen molar-refractivity contribution in [3.8, 4) is 23.1 Å². The second kappa shape index (κ2) is 10.7. The summed E-state index contributed by atoms with van der Waals surface area (Å²) in [6.07, 6.45) is -7.17. The molecule has 0 aromatic carbocycles. The summed E-state index contributed by atoms with van der Waals surface area (Å²) >= 11 is 0.997. The van der Waals surface area contributed by atoms with Crippen LogP contribution in [-0.2, 0) is 22.3 Å². The number of aryl methyl sites for hydroxylation is 1. The number of pyridine rings is 1. The molecule has 2 N–H and O–H groups in total. The number of halogens is 6. The molecule has 9 nitrogen and oxygen atoms in total. The Labute approximate surface area is 202 Å². The Morgan fingerprint density at radius 2 is 1.86 bits per heavy atom. The van der Waals surface area contributed by atoms with Gasteiger partial charge in [0.2, 0.25) is 5.88 Å². The van der Waals surface area contributed by atoms with Crippen LogP contribution in [0.25, 0.3) is 11.3 Å². The first-order valence-corrected chi connectivity index (χ1v) is 10.8. The Hall–Kier alpha value is -3.40. The number of carboxylic acid groups (broad SMARTS) is 1. The number of rotatable bonds is 6. The third-order valence-electron chi connectivity index (χ3n) is 4.62. The number of aromatic hydroxyl groups is 1. The van der Waals surface area contributed by atoms with Crippen LogP contribution in [0.4, 0.5) is 26.3 Å². The average molecular weight is 541 g/mol. The van der Waals surface area contributed by atoms with Crippen molar-refractivity contribution in [2.24, 2.45) is 0 Å². The average Bonchev–Trinajstić information content (AvgIpc) is 3.35. The Balaban J connectivity index is 0.000000454. The van der Waals surface area contributed by atoms with Gasteiger partial charge in [0.15, 0.2) is 11.5 Å². The summed E-state index contributed by atoms with van der Waals surface area (Å²) in [6.45, 7) is 1.43. The summed E-state index contributed by atoms with van der Waals surface area (Å²) in [5.74, 6) is -2.17. The molecule has 196 valence electrons.